The van der Waals surface area contributed by atoms with Gasteiger partial charge in [-0.3, -0.25) is 9.59 Å². The lowest BCUT2D eigenvalue weighted by atomic mass is 10.3. The zero-order valence-electron chi connectivity index (χ0n) is 25.1. The van der Waals surface area contributed by atoms with Crippen LogP contribution in [-0.2, 0) is 57.0 Å². The van der Waals surface area contributed by atoms with Gasteiger partial charge < -0.3 is 57.8 Å². The molecule has 42 heavy (non-hydrogen) atoms. The van der Waals surface area contributed by atoms with Crippen molar-refractivity contribution in [2.75, 3.05) is 139 Å². The number of carbonyl (C=O) groups excluding carboxylic acids is 1. The van der Waals surface area contributed by atoms with Crippen LogP contribution < -0.4 is 5.32 Å². The molecule has 0 saturated carbocycles. The summed E-state index contributed by atoms with van der Waals surface area (Å²) in [4.78, 5) is 21.7. The molecule has 248 valence electrons. The molecule has 0 spiro atoms. The highest BCUT2D eigenvalue weighted by Gasteiger charge is 2.04. The molecule has 2 N–H and O–H groups in total. The molecule has 0 heterocycles. The van der Waals surface area contributed by atoms with Crippen molar-refractivity contribution < 1.29 is 62.1 Å². The van der Waals surface area contributed by atoms with Gasteiger partial charge in [0.2, 0.25) is 5.91 Å². The zero-order valence-corrected chi connectivity index (χ0v) is 25.1. The molecule has 0 aromatic rings. The van der Waals surface area contributed by atoms with Crippen LogP contribution in [0.3, 0.4) is 0 Å². The molecule has 0 aliphatic heterocycles. The first-order chi connectivity index (χ1) is 20.7. The van der Waals surface area contributed by atoms with Crippen LogP contribution in [0.25, 0.3) is 0 Å². The van der Waals surface area contributed by atoms with E-state index in [1.54, 1.807) is 6.08 Å². The van der Waals surface area contributed by atoms with Gasteiger partial charge in [0.1, 0.15) is 0 Å². The predicted molar refractivity (Wildman–Crippen MR) is 153 cm³/mol. The van der Waals surface area contributed by atoms with E-state index < -0.39 is 5.97 Å². The Kier molecular flexibility index (Phi) is 34.0. The van der Waals surface area contributed by atoms with Gasteiger partial charge in [-0.15, -0.1) is 6.58 Å². The topological polar surface area (TPSA) is 159 Å². The second kappa shape index (κ2) is 35.5. The van der Waals surface area contributed by atoms with Crippen LogP contribution in [0.15, 0.2) is 12.7 Å². The van der Waals surface area contributed by atoms with E-state index in [-0.39, 0.29) is 18.7 Å². The minimum atomic E-state index is -0.982. The molecule has 14 heteroatoms. The Hall–Kier alpha value is -1.72. The van der Waals surface area contributed by atoms with E-state index in [0.717, 1.165) is 0 Å². The van der Waals surface area contributed by atoms with Crippen molar-refractivity contribution in [1.29, 1.82) is 0 Å². The van der Waals surface area contributed by atoms with Gasteiger partial charge in [-0.2, -0.15) is 0 Å². The van der Waals surface area contributed by atoms with Gasteiger partial charge in [0.25, 0.3) is 0 Å². The molecule has 0 unspecified atom stereocenters. The largest absolute Gasteiger partial charge is 0.481 e. The Bertz CT molecular complexity index is 598. The van der Waals surface area contributed by atoms with E-state index in [9.17, 15) is 9.59 Å². The van der Waals surface area contributed by atoms with Crippen molar-refractivity contribution in [3.8, 4) is 0 Å². The molecule has 0 atom stereocenters. The highest BCUT2D eigenvalue weighted by atomic mass is 16.6. The fourth-order valence-electron chi connectivity index (χ4n) is 2.86. The van der Waals surface area contributed by atoms with Gasteiger partial charge in [-0.25, -0.2) is 0 Å². The SMILES string of the molecule is C=CCOCCOCCOCCOCCOCCOCCOCCOCCOCCOCCCNC(=O)CCC(=O)O. The molecule has 0 aliphatic rings. The van der Waals surface area contributed by atoms with E-state index in [0.29, 0.717) is 145 Å². The minimum absolute atomic E-state index is 0.00859. The molecule has 0 fully saturated rings. The van der Waals surface area contributed by atoms with E-state index in [4.69, 9.17) is 52.5 Å². The summed E-state index contributed by atoms with van der Waals surface area (Å²) in [5.41, 5.74) is 0. The average Bonchev–Trinajstić information content (AvgIpc) is 2.98. The molecule has 0 aromatic heterocycles. The Labute approximate surface area is 250 Å². The molecular formula is C28H53NO13. The molecule has 0 rings (SSSR count). The van der Waals surface area contributed by atoms with Gasteiger partial charge in [0.15, 0.2) is 0 Å². The Morgan fingerprint density at radius 1 is 0.500 bits per heavy atom. The number of carboxylic acid groups (broad SMARTS) is 1. The molecule has 0 aliphatic carbocycles. The summed E-state index contributed by atoms with van der Waals surface area (Å²) in [5, 5.41) is 11.2. The second-order valence-corrected chi connectivity index (χ2v) is 8.47. The number of carbonyl (C=O) groups is 2. The maximum Gasteiger partial charge on any atom is 0.303 e. The number of ether oxygens (including phenoxy) is 10. The first kappa shape index (κ1) is 40.3. The molecule has 0 aromatic carbocycles. The van der Waals surface area contributed by atoms with Crippen molar-refractivity contribution in [2.24, 2.45) is 0 Å². The summed E-state index contributed by atoms with van der Waals surface area (Å²) in [5.74, 6) is -1.25. The van der Waals surface area contributed by atoms with Gasteiger partial charge in [0.05, 0.1) is 132 Å². The van der Waals surface area contributed by atoms with E-state index in [1.807, 2.05) is 0 Å². The predicted octanol–water partition coefficient (Wildman–Crippen LogP) is 0.710. The summed E-state index contributed by atoms with van der Waals surface area (Å²) in [7, 11) is 0. The molecule has 0 radical (unpaired) electrons. The summed E-state index contributed by atoms with van der Waals surface area (Å²) >= 11 is 0. The lowest BCUT2D eigenvalue weighted by molar-refractivity contribution is -0.138. The maximum atomic E-state index is 11.3. The fraction of sp³-hybridized carbons (Fsp3) is 0.857. The molecule has 0 bridgehead atoms. The molecule has 1 amide bonds. The summed E-state index contributed by atoms with van der Waals surface area (Å²) in [6, 6.07) is 0. The lowest BCUT2D eigenvalue weighted by Gasteiger charge is -2.09. The second-order valence-electron chi connectivity index (χ2n) is 8.47. The van der Waals surface area contributed by atoms with Gasteiger partial charge in [0, 0.05) is 19.6 Å². The third-order valence-corrected chi connectivity index (χ3v) is 4.94. The van der Waals surface area contributed by atoms with E-state index in [1.165, 1.54) is 0 Å². The smallest absolute Gasteiger partial charge is 0.303 e. The van der Waals surface area contributed by atoms with Crippen LogP contribution in [0.4, 0.5) is 0 Å². The highest BCUT2D eigenvalue weighted by molar-refractivity contribution is 5.80. The molecule has 0 saturated heterocycles. The van der Waals surface area contributed by atoms with Crippen LogP contribution in [-0.4, -0.2) is 156 Å². The standard InChI is InChI=1S/C28H53NO13/c1-2-7-33-9-11-35-13-15-37-17-19-39-21-23-41-25-26-42-24-22-40-20-18-38-16-14-36-12-10-34-8-3-6-29-27(30)4-5-28(31)32/h2H,1,3-26H2,(H,29,30)(H,31,32). The fourth-order valence-corrected chi connectivity index (χ4v) is 2.86. The van der Waals surface area contributed by atoms with Crippen LogP contribution >= 0.6 is 0 Å². The number of hydrogen-bond acceptors (Lipinski definition) is 12. The Morgan fingerprint density at radius 3 is 1.12 bits per heavy atom. The Morgan fingerprint density at radius 2 is 0.810 bits per heavy atom. The lowest BCUT2D eigenvalue weighted by Crippen LogP contribution is -2.25. The third-order valence-electron chi connectivity index (χ3n) is 4.94. The van der Waals surface area contributed by atoms with Gasteiger partial charge in [-0.05, 0) is 6.42 Å². The summed E-state index contributed by atoms with van der Waals surface area (Å²) < 4.78 is 54.0. The van der Waals surface area contributed by atoms with Crippen molar-refractivity contribution in [3.63, 3.8) is 0 Å². The van der Waals surface area contributed by atoms with Crippen molar-refractivity contribution >= 4 is 11.9 Å². The first-order valence-electron chi connectivity index (χ1n) is 14.5. The zero-order chi connectivity index (χ0) is 30.6. The number of rotatable bonds is 36. The monoisotopic (exact) mass is 611 g/mol. The van der Waals surface area contributed by atoms with Crippen LogP contribution in [0.5, 0.6) is 0 Å². The van der Waals surface area contributed by atoms with Gasteiger partial charge in [-0.1, -0.05) is 6.08 Å². The quantitative estimate of drug-likeness (QED) is 0.0754. The number of nitrogens with one attached hydrogen (secondary N) is 1. The van der Waals surface area contributed by atoms with Crippen molar-refractivity contribution in [3.05, 3.63) is 12.7 Å². The average molecular weight is 612 g/mol. The van der Waals surface area contributed by atoms with Crippen molar-refractivity contribution in [1.82, 2.24) is 5.32 Å². The number of aliphatic carboxylic acids is 1. The summed E-state index contributed by atoms with van der Waals surface area (Å²) in [6.45, 7) is 14.0. The number of hydrogen-bond donors (Lipinski definition) is 2. The Balaban J connectivity index is 3.08. The van der Waals surface area contributed by atoms with Crippen LogP contribution in [0.2, 0.25) is 0 Å². The molecular weight excluding hydrogens is 558 g/mol. The normalized spacial score (nSPS) is 11.1. The van der Waals surface area contributed by atoms with Crippen LogP contribution in [0.1, 0.15) is 19.3 Å². The summed E-state index contributed by atoms with van der Waals surface area (Å²) in [6.07, 6.45) is 2.19. The van der Waals surface area contributed by atoms with Gasteiger partial charge >= 0.3 is 5.97 Å². The minimum Gasteiger partial charge on any atom is -0.481 e. The van der Waals surface area contributed by atoms with Crippen molar-refractivity contribution in [2.45, 2.75) is 19.3 Å². The first-order valence-corrected chi connectivity index (χ1v) is 14.5. The van der Waals surface area contributed by atoms with Crippen LogP contribution in [0, 0.1) is 0 Å². The highest BCUT2D eigenvalue weighted by Crippen LogP contribution is 1.90. The third kappa shape index (κ3) is 36.3. The van der Waals surface area contributed by atoms with E-state index >= 15 is 0 Å². The number of carboxylic acids is 1. The maximum absolute atomic E-state index is 11.3. The molecule has 14 nitrogen and oxygen atoms in total. The van der Waals surface area contributed by atoms with E-state index in [2.05, 4.69) is 11.9 Å². The number of amides is 1.